The minimum atomic E-state index is -0.570. The van der Waals surface area contributed by atoms with Gasteiger partial charge in [-0.2, -0.15) is 0 Å². The van der Waals surface area contributed by atoms with Crippen LogP contribution in [0.25, 0.3) is 0 Å². The predicted molar refractivity (Wildman–Crippen MR) is 74.0 cm³/mol. The van der Waals surface area contributed by atoms with Gasteiger partial charge in [-0.3, -0.25) is 14.9 Å². The van der Waals surface area contributed by atoms with Gasteiger partial charge in [0.2, 0.25) is 0 Å². The average Bonchev–Trinajstić information content (AvgIpc) is 2.36. The van der Waals surface area contributed by atoms with Crippen LogP contribution in [-0.2, 0) is 0 Å². The highest BCUT2D eigenvalue weighted by Gasteiger charge is 2.30. The van der Waals surface area contributed by atoms with Gasteiger partial charge in [0, 0.05) is 24.3 Å². The fraction of sp³-hybridized carbons (Fsp3) is 0.462. The summed E-state index contributed by atoms with van der Waals surface area (Å²) >= 11 is 0. The van der Waals surface area contributed by atoms with Crippen LogP contribution in [-0.4, -0.2) is 28.3 Å². The molecule has 6 heteroatoms. The summed E-state index contributed by atoms with van der Waals surface area (Å²) in [6, 6.07) is 4.03. The number of nitro benzene ring substituents is 1. The maximum Gasteiger partial charge on any atom is 0.282 e. The summed E-state index contributed by atoms with van der Waals surface area (Å²) in [5.41, 5.74) is 5.36. The second-order valence-electron chi connectivity index (χ2n) is 5.06. The molecule has 104 valence electrons. The third kappa shape index (κ3) is 3.01. The lowest BCUT2D eigenvalue weighted by Crippen LogP contribution is -2.44. The zero-order valence-corrected chi connectivity index (χ0v) is 11.6. The maximum absolute atomic E-state index is 12.4. The molecule has 0 bridgehead atoms. The van der Waals surface area contributed by atoms with Crippen LogP contribution in [0.4, 0.5) is 11.4 Å². The van der Waals surface area contributed by atoms with E-state index in [4.69, 9.17) is 5.73 Å². The lowest BCUT2D eigenvalue weighted by molar-refractivity contribution is -0.385. The second-order valence-corrected chi connectivity index (χ2v) is 5.06. The molecule has 0 aliphatic rings. The minimum absolute atomic E-state index is 0.0222. The summed E-state index contributed by atoms with van der Waals surface area (Å²) in [7, 11) is 1.64. The number of nitrogens with zero attached hydrogens (tertiary/aromatic N) is 2. The number of anilines is 1. The summed E-state index contributed by atoms with van der Waals surface area (Å²) < 4.78 is 0. The molecule has 19 heavy (non-hydrogen) atoms. The van der Waals surface area contributed by atoms with Crippen molar-refractivity contribution < 1.29 is 9.72 Å². The molecule has 0 aliphatic heterocycles. The average molecular weight is 265 g/mol. The smallest absolute Gasteiger partial charge is 0.282 e. The summed E-state index contributed by atoms with van der Waals surface area (Å²) in [4.78, 5) is 24.3. The van der Waals surface area contributed by atoms with E-state index in [9.17, 15) is 14.9 Å². The van der Waals surface area contributed by atoms with Crippen molar-refractivity contribution in [1.29, 1.82) is 0 Å². The number of carbonyl (C=O) groups excluding carboxylic acids is 1. The number of hydrogen-bond acceptors (Lipinski definition) is 4. The molecule has 0 atom stereocenters. The van der Waals surface area contributed by atoms with Gasteiger partial charge in [-0.05, 0) is 32.4 Å². The summed E-state index contributed by atoms with van der Waals surface area (Å²) in [5.74, 6) is -0.397. The van der Waals surface area contributed by atoms with Gasteiger partial charge in [-0.15, -0.1) is 0 Å². The third-order valence-electron chi connectivity index (χ3n) is 3.53. The van der Waals surface area contributed by atoms with Crippen LogP contribution in [0, 0.1) is 10.1 Å². The van der Waals surface area contributed by atoms with Crippen molar-refractivity contribution in [2.24, 2.45) is 0 Å². The number of nitro groups is 1. The second kappa shape index (κ2) is 5.26. The van der Waals surface area contributed by atoms with Crippen LogP contribution in [0.15, 0.2) is 18.2 Å². The molecule has 0 fully saturated rings. The van der Waals surface area contributed by atoms with Crippen molar-refractivity contribution in [3.05, 3.63) is 33.9 Å². The number of carbonyl (C=O) groups is 1. The van der Waals surface area contributed by atoms with Gasteiger partial charge in [-0.25, -0.2) is 0 Å². The van der Waals surface area contributed by atoms with Crippen molar-refractivity contribution in [1.82, 2.24) is 4.90 Å². The molecule has 0 radical (unpaired) electrons. The zero-order valence-electron chi connectivity index (χ0n) is 11.6. The largest absolute Gasteiger partial charge is 0.399 e. The van der Waals surface area contributed by atoms with Crippen molar-refractivity contribution in [2.45, 2.75) is 32.7 Å². The standard InChI is InChI=1S/C13H19N3O3/c1-5-13(2,3)15(4)12(17)10-8-9(14)6-7-11(10)16(18)19/h6-8H,5,14H2,1-4H3. The molecule has 0 aliphatic carbocycles. The molecule has 0 heterocycles. The molecule has 6 nitrogen and oxygen atoms in total. The quantitative estimate of drug-likeness (QED) is 0.514. The van der Waals surface area contributed by atoms with E-state index < -0.39 is 10.8 Å². The molecule has 1 aromatic rings. The Morgan fingerprint density at radius 3 is 2.53 bits per heavy atom. The van der Waals surface area contributed by atoms with E-state index >= 15 is 0 Å². The van der Waals surface area contributed by atoms with Crippen LogP contribution in [0.2, 0.25) is 0 Å². The van der Waals surface area contributed by atoms with Crippen molar-refractivity contribution in [3.63, 3.8) is 0 Å². The normalized spacial score (nSPS) is 11.2. The van der Waals surface area contributed by atoms with E-state index in [1.54, 1.807) is 7.05 Å². The molecular weight excluding hydrogens is 246 g/mol. The number of amides is 1. The summed E-state index contributed by atoms with van der Waals surface area (Å²) in [5, 5.41) is 11.0. The van der Waals surface area contributed by atoms with Crippen LogP contribution >= 0.6 is 0 Å². The van der Waals surface area contributed by atoms with Gasteiger partial charge < -0.3 is 10.6 Å². The predicted octanol–water partition coefficient (Wildman–Crippen LogP) is 2.44. The van der Waals surface area contributed by atoms with E-state index in [-0.39, 0.29) is 16.8 Å². The number of nitrogens with two attached hydrogens (primary N) is 1. The van der Waals surface area contributed by atoms with Gasteiger partial charge in [0.15, 0.2) is 0 Å². The van der Waals surface area contributed by atoms with Gasteiger partial charge in [0.25, 0.3) is 11.6 Å². The Balaban J connectivity index is 3.26. The molecule has 0 saturated heterocycles. The topological polar surface area (TPSA) is 89.5 Å². The Labute approximate surface area is 112 Å². The molecular formula is C13H19N3O3. The van der Waals surface area contributed by atoms with E-state index in [1.807, 2.05) is 20.8 Å². The first-order chi connectivity index (χ1) is 8.70. The summed E-state index contributed by atoms with van der Waals surface area (Å²) in [6.07, 6.45) is 0.741. The van der Waals surface area contributed by atoms with Crippen LogP contribution in [0.5, 0.6) is 0 Å². The van der Waals surface area contributed by atoms with Gasteiger partial charge >= 0.3 is 0 Å². The molecule has 1 aromatic carbocycles. The van der Waals surface area contributed by atoms with Gasteiger partial charge in [-0.1, -0.05) is 6.92 Å². The number of rotatable bonds is 4. The van der Waals surface area contributed by atoms with Crippen molar-refractivity contribution >= 4 is 17.3 Å². The van der Waals surface area contributed by atoms with Crippen molar-refractivity contribution in [3.8, 4) is 0 Å². The molecule has 2 N–H and O–H groups in total. The summed E-state index contributed by atoms with van der Waals surface area (Å²) in [6.45, 7) is 5.77. The monoisotopic (exact) mass is 265 g/mol. The molecule has 0 spiro atoms. The Morgan fingerprint density at radius 1 is 1.47 bits per heavy atom. The lowest BCUT2D eigenvalue weighted by Gasteiger charge is -2.34. The number of hydrogen-bond donors (Lipinski definition) is 1. The van der Waals surface area contributed by atoms with Gasteiger partial charge in [0.05, 0.1) is 4.92 Å². The molecule has 1 amide bonds. The molecule has 0 unspecified atom stereocenters. The molecule has 1 rings (SSSR count). The highest BCUT2D eigenvalue weighted by Crippen LogP contribution is 2.26. The van der Waals surface area contributed by atoms with Crippen LogP contribution in [0.3, 0.4) is 0 Å². The number of benzene rings is 1. The number of nitrogen functional groups attached to an aromatic ring is 1. The van der Waals surface area contributed by atoms with E-state index in [0.29, 0.717) is 5.69 Å². The van der Waals surface area contributed by atoms with Crippen LogP contribution < -0.4 is 5.73 Å². The van der Waals surface area contributed by atoms with E-state index in [2.05, 4.69) is 0 Å². The Kier molecular flexibility index (Phi) is 4.14. The Hall–Kier alpha value is -2.11. The van der Waals surface area contributed by atoms with E-state index in [0.717, 1.165) is 6.42 Å². The Bertz CT molecular complexity index is 512. The van der Waals surface area contributed by atoms with E-state index in [1.165, 1.54) is 23.1 Å². The lowest BCUT2D eigenvalue weighted by atomic mass is 9.98. The fourth-order valence-corrected chi connectivity index (χ4v) is 1.58. The first kappa shape index (κ1) is 14.9. The van der Waals surface area contributed by atoms with Crippen molar-refractivity contribution in [2.75, 3.05) is 12.8 Å². The SMILES string of the molecule is CCC(C)(C)N(C)C(=O)c1cc(N)ccc1[N+](=O)[O-]. The highest BCUT2D eigenvalue weighted by atomic mass is 16.6. The zero-order chi connectivity index (χ0) is 14.8. The highest BCUT2D eigenvalue weighted by molar-refractivity contribution is 5.99. The molecule has 0 aromatic heterocycles. The Morgan fingerprint density at radius 2 is 2.05 bits per heavy atom. The minimum Gasteiger partial charge on any atom is -0.399 e. The van der Waals surface area contributed by atoms with Crippen LogP contribution in [0.1, 0.15) is 37.6 Å². The third-order valence-corrected chi connectivity index (χ3v) is 3.53. The first-order valence-electron chi connectivity index (χ1n) is 6.02. The fourth-order valence-electron chi connectivity index (χ4n) is 1.58. The first-order valence-corrected chi connectivity index (χ1v) is 6.02. The maximum atomic E-state index is 12.4. The van der Waals surface area contributed by atoms with Gasteiger partial charge in [0.1, 0.15) is 5.56 Å². The molecule has 0 saturated carbocycles.